The van der Waals surface area contributed by atoms with Crippen molar-refractivity contribution in [3.05, 3.63) is 64.7 Å². The van der Waals surface area contributed by atoms with Gasteiger partial charge in [0.25, 0.3) is 5.91 Å². The van der Waals surface area contributed by atoms with Crippen LogP contribution in [0, 0.1) is 0 Å². The molecule has 0 spiro atoms. The fraction of sp³-hybridized carbons (Fsp3) is 0.280. The predicted octanol–water partition coefficient (Wildman–Crippen LogP) is 4.36. The van der Waals surface area contributed by atoms with Crippen molar-refractivity contribution in [2.45, 2.75) is 45.2 Å². The van der Waals surface area contributed by atoms with Gasteiger partial charge in [-0.3, -0.25) is 19.7 Å². The van der Waals surface area contributed by atoms with E-state index >= 15 is 0 Å². The molecule has 162 valence electrons. The number of amides is 3. The number of hydrogen-bond acceptors (Lipinski definition) is 5. The number of nitrogens with zero attached hydrogens (tertiary/aromatic N) is 2. The molecule has 1 saturated heterocycles. The van der Waals surface area contributed by atoms with Crippen molar-refractivity contribution in [2.24, 2.45) is 0 Å². The van der Waals surface area contributed by atoms with Crippen LogP contribution < -0.4 is 5.32 Å². The van der Waals surface area contributed by atoms with Crippen LogP contribution in [0.5, 0.6) is 0 Å². The first-order chi connectivity index (χ1) is 15.4. The highest BCUT2D eigenvalue weighted by molar-refractivity contribution is 7.15. The topological polar surface area (TPSA) is 79.4 Å². The van der Waals surface area contributed by atoms with Crippen LogP contribution in [-0.4, -0.2) is 33.6 Å². The molecule has 2 aromatic carbocycles. The number of benzene rings is 2. The highest BCUT2D eigenvalue weighted by Gasteiger charge is 2.39. The van der Waals surface area contributed by atoms with Gasteiger partial charge in [0.1, 0.15) is 6.04 Å². The Balaban J connectivity index is 1.51. The van der Waals surface area contributed by atoms with E-state index in [-0.39, 0.29) is 18.2 Å². The van der Waals surface area contributed by atoms with Gasteiger partial charge in [-0.2, -0.15) is 0 Å². The molecule has 3 heterocycles. The van der Waals surface area contributed by atoms with Crippen LogP contribution in [0.1, 0.15) is 53.5 Å². The standard InChI is InChI=1S/C25H23N3O3S/c1-14(2)24-27-21(22(32-24)15-6-4-3-5-7-15)16-8-9-18-17(12-16)13-28(25(18)31)19-10-11-20(29)26-23(19)30/h3-9,12,14,19H,10-11,13H2,1-2H3,(H,26,29,30). The molecule has 2 aliphatic rings. The van der Waals surface area contributed by atoms with Crippen molar-refractivity contribution in [3.63, 3.8) is 0 Å². The molecule has 1 fully saturated rings. The molecule has 3 aromatic rings. The second-order valence-electron chi connectivity index (χ2n) is 8.52. The van der Waals surface area contributed by atoms with E-state index < -0.39 is 11.9 Å². The van der Waals surface area contributed by atoms with Gasteiger partial charge in [-0.05, 0) is 29.7 Å². The lowest BCUT2D eigenvalue weighted by molar-refractivity contribution is -0.136. The van der Waals surface area contributed by atoms with Crippen LogP contribution in [0.25, 0.3) is 21.7 Å². The van der Waals surface area contributed by atoms with Crippen molar-refractivity contribution in [1.82, 2.24) is 15.2 Å². The molecule has 2 aliphatic heterocycles. The summed E-state index contributed by atoms with van der Waals surface area (Å²) in [5.41, 5.74) is 4.49. The lowest BCUT2D eigenvalue weighted by Crippen LogP contribution is -2.52. The van der Waals surface area contributed by atoms with E-state index in [4.69, 9.17) is 4.98 Å². The third kappa shape index (κ3) is 3.52. The molecule has 1 N–H and O–H groups in total. The number of carbonyl (C=O) groups excluding carboxylic acids is 3. The molecule has 1 unspecified atom stereocenters. The Hall–Kier alpha value is -3.32. The molecule has 3 amide bonds. The normalized spacial score (nSPS) is 18.3. The van der Waals surface area contributed by atoms with Gasteiger partial charge in [0, 0.05) is 30.0 Å². The number of rotatable bonds is 4. The summed E-state index contributed by atoms with van der Waals surface area (Å²) >= 11 is 1.70. The van der Waals surface area contributed by atoms with E-state index in [1.54, 1.807) is 16.2 Å². The van der Waals surface area contributed by atoms with E-state index in [2.05, 4.69) is 31.3 Å². The second kappa shape index (κ2) is 7.98. The predicted molar refractivity (Wildman–Crippen MR) is 123 cm³/mol. The number of carbonyl (C=O) groups is 3. The number of hydrogen-bond donors (Lipinski definition) is 1. The number of fused-ring (bicyclic) bond motifs is 1. The minimum Gasteiger partial charge on any atom is -0.322 e. The zero-order valence-electron chi connectivity index (χ0n) is 17.9. The fourth-order valence-electron chi connectivity index (χ4n) is 4.29. The largest absolute Gasteiger partial charge is 0.322 e. The summed E-state index contributed by atoms with van der Waals surface area (Å²) in [4.78, 5) is 44.4. The van der Waals surface area contributed by atoms with E-state index in [1.165, 1.54) is 0 Å². The minimum absolute atomic E-state index is 0.162. The zero-order valence-corrected chi connectivity index (χ0v) is 18.7. The van der Waals surface area contributed by atoms with Gasteiger partial charge >= 0.3 is 0 Å². The van der Waals surface area contributed by atoms with Crippen LogP contribution in [0.3, 0.4) is 0 Å². The van der Waals surface area contributed by atoms with Gasteiger partial charge in [0.15, 0.2) is 0 Å². The molecular formula is C25H23N3O3S. The van der Waals surface area contributed by atoms with Crippen molar-refractivity contribution in [2.75, 3.05) is 0 Å². The number of nitrogens with one attached hydrogen (secondary N) is 1. The average Bonchev–Trinajstić information content (AvgIpc) is 3.36. The summed E-state index contributed by atoms with van der Waals surface area (Å²) in [5, 5.41) is 3.42. The summed E-state index contributed by atoms with van der Waals surface area (Å²) in [6.07, 6.45) is 0.609. The summed E-state index contributed by atoms with van der Waals surface area (Å²) < 4.78 is 0. The highest BCUT2D eigenvalue weighted by Crippen LogP contribution is 2.40. The molecule has 5 rings (SSSR count). The van der Waals surface area contributed by atoms with Crippen LogP contribution in [0.2, 0.25) is 0 Å². The third-order valence-electron chi connectivity index (χ3n) is 5.97. The van der Waals surface area contributed by atoms with E-state index in [9.17, 15) is 14.4 Å². The molecule has 1 atom stereocenters. The van der Waals surface area contributed by atoms with Crippen LogP contribution in [-0.2, 0) is 16.1 Å². The van der Waals surface area contributed by atoms with Gasteiger partial charge in [0.05, 0.1) is 15.6 Å². The molecule has 0 bridgehead atoms. The van der Waals surface area contributed by atoms with Gasteiger partial charge in [-0.25, -0.2) is 4.98 Å². The Morgan fingerprint density at radius 3 is 2.56 bits per heavy atom. The number of piperidine rings is 1. The lowest BCUT2D eigenvalue weighted by Gasteiger charge is -2.29. The molecule has 32 heavy (non-hydrogen) atoms. The molecule has 7 heteroatoms. The molecular weight excluding hydrogens is 422 g/mol. The monoisotopic (exact) mass is 445 g/mol. The Bertz CT molecular complexity index is 1230. The van der Waals surface area contributed by atoms with Crippen LogP contribution in [0.15, 0.2) is 48.5 Å². The number of aromatic nitrogens is 1. The molecule has 6 nitrogen and oxygen atoms in total. The molecule has 0 aliphatic carbocycles. The van der Waals surface area contributed by atoms with Gasteiger partial charge in [-0.1, -0.05) is 50.2 Å². The molecule has 0 radical (unpaired) electrons. The van der Waals surface area contributed by atoms with Crippen LogP contribution >= 0.6 is 11.3 Å². The highest BCUT2D eigenvalue weighted by atomic mass is 32.1. The first-order valence-electron chi connectivity index (χ1n) is 10.8. The van der Waals surface area contributed by atoms with Crippen molar-refractivity contribution in [1.29, 1.82) is 0 Å². The quantitative estimate of drug-likeness (QED) is 0.605. The Kier molecular flexibility index (Phi) is 5.13. The third-order valence-corrected chi connectivity index (χ3v) is 7.38. The van der Waals surface area contributed by atoms with Gasteiger partial charge in [-0.15, -0.1) is 11.3 Å². The van der Waals surface area contributed by atoms with Gasteiger partial charge < -0.3 is 4.90 Å². The van der Waals surface area contributed by atoms with Gasteiger partial charge in [0.2, 0.25) is 11.8 Å². The Morgan fingerprint density at radius 2 is 1.84 bits per heavy atom. The second-order valence-corrected chi connectivity index (χ2v) is 9.55. The SMILES string of the molecule is CC(C)c1nc(-c2ccc3c(c2)CN(C2CCC(=O)NC2=O)C3=O)c(-c2ccccc2)s1. The lowest BCUT2D eigenvalue weighted by atomic mass is 10.0. The smallest absolute Gasteiger partial charge is 0.255 e. The van der Waals surface area contributed by atoms with E-state index in [1.807, 2.05) is 36.4 Å². The first kappa shape index (κ1) is 20.6. The summed E-state index contributed by atoms with van der Waals surface area (Å²) in [7, 11) is 0. The van der Waals surface area contributed by atoms with Crippen molar-refractivity contribution in [3.8, 4) is 21.7 Å². The Morgan fingerprint density at radius 1 is 1.06 bits per heavy atom. The maximum absolute atomic E-state index is 13.0. The van der Waals surface area contributed by atoms with E-state index in [0.29, 0.717) is 24.4 Å². The van der Waals surface area contributed by atoms with Crippen molar-refractivity contribution >= 4 is 29.1 Å². The number of thiazole rings is 1. The summed E-state index contributed by atoms with van der Waals surface area (Å²) in [6, 6.07) is 15.4. The van der Waals surface area contributed by atoms with Crippen LogP contribution in [0.4, 0.5) is 0 Å². The molecule has 1 aromatic heterocycles. The minimum atomic E-state index is -0.609. The maximum Gasteiger partial charge on any atom is 0.255 e. The van der Waals surface area contributed by atoms with E-state index in [0.717, 1.165) is 32.3 Å². The van der Waals surface area contributed by atoms with Crippen molar-refractivity contribution < 1.29 is 14.4 Å². The Labute approximate surface area is 190 Å². The average molecular weight is 446 g/mol. The summed E-state index contributed by atoms with van der Waals surface area (Å²) in [6.45, 7) is 4.63. The zero-order chi connectivity index (χ0) is 22.4. The first-order valence-corrected chi connectivity index (χ1v) is 11.6. The summed E-state index contributed by atoms with van der Waals surface area (Å²) in [5.74, 6) is -0.522. The fourth-order valence-corrected chi connectivity index (χ4v) is 5.38. The number of imide groups is 1. The molecule has 0 saturated carbocycles. The maximum atomic E-state index is 13.0.